The summed E-state index contributed by atoms with van der Waals surface area (Å²) in [6, 6.07) is 3.56. The number of aromatic nitrogens is 2. The van der Waals surface area contributed by atoms with E-state index in [-0.39, 0.29) is 12.5 Å². The Hall–Kier alpha value is -1.53. The van der Waals surface area contributed by atoms with Gasteiger partial charge in [-0.1, -0.05) is 0 Å². The number of hydrogen-bond acceptors (Lipinski definition) is 5. The quantitative estimate of drug-likeness (QED) is 0.699. The minimum absolute atomic E-state index is 0.198. The monoisotopic (exact) mass is 222 g/mol. The lowest BCUT2D eigenvalue weighted by molar-refractivity contribution is -0.126. The van der Waals surface area contributed by atoms with Crippen molar-refractivity contribution in [1.82, 2.24) is 15.5 Å². The Morgan fingerprint density at radius 1 is 1.69 bits per heavy atom. The third-order valence-corrected chi connectivity index (χ3v) is 2.56. The van der Waals surface area contributed by atoms with Gasteiger partial charge in [0, 0.05) is 12.8 Å². The van der Waals surface area contributed by atoms with E-state index in [1.165, 1.54) is 0 Å². The van der Waals surface area contributed by atoms with Crippen LogP contribution in [0.4, 0.5) is 0 Å². The number of carbonyl (C=O) groups is 1. The lowest BCUT2D eigenvalue weighted by Crippen LogP contribution is -2.54. The second-order valence-corrected chi connectivity index (χ2v) is 3.86. The molecular weight excluding hydrogens is 208 g/mol. The number of amides is 1. The molecule has 1 atom stereocenters. The molecular formula is C10H14N4O2. The number of ether oxygens (including phenoxy) is 1. The molecule has 1 amide bonds. The molecule has 0 spiro atoms. The van der Waals surface area contributed by atoms with E-state index >= 15 is 0 Å². The van der Waals surface area contributed by atoms with E-state index in [9.17, 15) is 4.79 Å². The summed E-state index contributed by atoms with van der Waals surface area (Å²) in [4.78, 5) is 11.8. The van der Waals surface area contributed by atoms with E-state index in [1.807, 2.05) is 0 Å². The molecule has 86 valence electrons. The Morgan fingerprint density at radius 3 is 3.19 bits per heavy atom. The summed E-state index contributed by atoms with van der Waals surface area (Å²) in [5, 5.41) is 10.3. The molecule has 1 unspecified atom stereocenters. The van der Waals surface area contributed by atoms with Crippen molar-refractivity contribution >= 4 is 5.91 Å². The highest BCUT2D eigenvalue weighted by atomic mass is 16.5. The minimum atomic E-state index is -0.887. The van der Waals surface area contributed by atoms with Gasteiger partial charge in [-0.2, -0.15) is 10.2 Å². The van der Waals surface area contributed by atoms with Crippen LogP contribution >= 0.6 is 0 Å². The first-order valence-electron chi connectivity index (χ1n) is 5.12. The van der Waals surface area contributed by atoms with Gasteiger partial charge < -0.3 is 15.8 Å². The van der Waals surface area contributed by atoms with Crippen LogP contribution in [-0.4, -0.2) is 34.9 Å². The molecule has 2 rings (SSSR count). The molecule has 0 aliphatic carbocycles. The van der Waals surface area contributed by atoms with Crippen LogP contribution in [-0.2, 0) is 16.1 Å². The van der Waals surface area contributed by atoms with E-state index in [2.05, 4.69) is 15.5 Å². The highest BCUT2D eigenvalue weighted by Crippen LogP contribution is 2.15. The van der Waals surface area contributed by atoms with Gasteiger partial charge in [-0.3, -0.25) is 4.79 Å². The predicted octanol–water partition coefficient (Wildman–Crippen LogP) is -0.789. The molecule has 2 heterocycles. The summed E-state index contributed by atoms with van der Waals surface area (Å²) < 4.78 is 5.12. The maximum absolute atomic E-state index is 11.8. The second-order valence-electron chi connectivity index (χ2n) is 3.86. The van der Waals surface area contributed by atoms with E-state index < -0.39 is 5.54 Å². The SMILES string of the molecule is NC1(C(=O)NCc2cccnn2)CCOC1. The van der Waals surface area contributed by atoms with E-state index in [4.69, 9.17) is 10.5 Å². The van der Waals surface area contributed by atoms with Crippen molar-refractivity contribution < 1.29 is 9.53 Å². The topological polar surface area (TPSA) is 90.1 Å². The first kappa shape index (κ1) is 11.0. The number of rotatable bonds is 3. The Bertz CT molecular complexity index is 362. The minimum Gasteiger partial charge on any atom is -0.379 e. The number of nitrogens with two attached hydrogens (primary N) is 1. The molecule has 0 bridgehead atoms. The number of carbonyl (C=O) groups excluding carboxylic acids is 1. The summed E-state index contributed by atoms with van der Waals surface area (Å²) in [5.41, 5.74) is 5.71. The van der Waals surface area contributed by atoms with Crippen LogP contribution in [0.25, 0.3) is 0 Å². The third-order valence-electron chi connectivity index (χ3n) is 2.56. The standard InChI is InChI=1S/C10H14N4O2/c11-10(3-5-16-7-10)9(15)12-6-8-2-1-4-13-14-8/h1-2,4H,3,5-7,11H2,(H,12,15). The van der Waals surface area contributed by atoms with Crippen LogP contribution in [0.5, 0.6) is 0 Å². The maximum Gasteiger partial charge on any atom is 0.242 e. The van der Waals surface area contributed by atoms with Gasteiger partial charge in [0.25, 0.3) is 0 Å². The van der Waals surface area contributed by atoms with Crippen molar-refractivity contribution in [3.05, 3.63) is 24.0 Å². The van der Waals surface area contributed by atoms with E-state index in [1.54, 1.807) is 18.3 Å². The number of nitrogens with one attached hydrogen (secondary N) is 1. The summed E-state index contributed by atoms with van der Waals surface area (Å²) in [5.74, 6) is -0.198. The number of nitrogens with zero attached hydrogens (tertiary/aromatic N) is 2. The lowest BCUT2D eigenvalue weighted by atomic mass is 9.99. The molecule has 1 aromatic rings. The Balaban J connectivity index is 1.89. The zero-order chi connectivity index (χ0) is 11.4. The molecule has 1 aromatic heterocycles. The van der Waals surface area contributed by atoms with Crippen molar-refractivity contribution in [1.29, 1.82) is 0 Å². The first-order chi connectivity index (χ1) is 7.71. The molecule has 3 N–H and O–H groups in total. The summed E-state index contributed by atoms with van der Waals surface area (Å²) in [6.45, 7) is 1.15. The van der Waals surface area contributed by atoms with Crippen molar-refractivity contribution in [3.63, 3.8) is 0 Å². The van der Waals surface area contributed by atoms with Crippen molar-refractivity contribution in [3.8, 4) is 0 Å². The van der Waals surface area contributed by atoms with Gasteiger partial charge in [-0.15, -0.1) is 0 Å². The first-order valence-corrected chi connectivity index (χ1v) is 5.12. The molecule has 6 heteroatoms. The van der Waals surface area contributed by atoms with Crippen LogP contribution in [0.15, 0.2) is 18.3 Å². The normalized spacial score (nSPS) is 24.3. The zero-order valence-corrected chi connectivity index (χ0v) is 8.85. The van der Waals surface area contributed by atoms with Crippen molar-refractivity contribution in [2.24, 2.45) is 5.73 Å². The molecule has 6 nitrogen and oxygen atoms in total. The Labute approximate surface area is 93.2 Å². The molecule has 1 aliphatic rings. The maximum atomic E-state index is 11.8. The van der Waals surface area contributed by atoms with Crippen LogP contribution in [0.3, 0.4) is 0 Å². The fourth-order valence-electron chi connectivity index (χ4n) is 1.53. The summed E-state index contributed by atoms with van der Waals surface area (Å²) in [6.07, 6.45) is 2.14. The summed E-state index contributed by atoms with van der Waals surface area (Å²) in [7, 11) is 0. The van der Waals surface area contributed by atoms with Crippen LogP contribution in [0.1, 0.15) is 12.1 Å². The zero-order valence-electron chi connectivity index (χ0n) is 8.85. The smallest absolute Gasteiger partial charge is 0.242 e. The average Bonchev–Trinajstić information content (AvgIpc) is 2.76. The van der Waals surface area contributed by atoms with Crippen LogP contribution in [0.2, 0.25) is 0 Å². The van der Waals surface area contributed by atoms with Gasteiger partial charge in [0.05, 0.1) is 18.8 Å². The van der Waals surface area contributed by atoms with Gasteiger partial charge in [0.2, 0.25) is 5.91 Å². The molecule has 0 radical (unpaired) electrons. The molecule has 16 heavy (non-hydrogen) atoms. The van der Waals surface area contributed by atoms with Gasteiger partial charge in [-0.05, 0) is 18.6 Å². The van der Waals surface area contributed by atoms with Crippen molar-refractivity contribution in [2.45, 2.75) is 18.5 Å². The van der Waals surface area contributed by atoms with Gasteiger partial charge in [0.1, 0.15) is 5.54 Å². The highest BCUT2D eigenvalue weighted by molar-refractivity contribution is 5.86. The van der Waals surface area contributed by atoms with E-state index in [0.29, 0.717) is 25.3 Å². The predicted molar refractivity (Wildman–Crippen MR) is 56.2 cm³/mol. The van der Waals surface area contributed by atoms with Crippen LogP contribution < -0.4 is 11.1 Å². The summed E-state index contributed by atoms with van der Waals surface area (Å²) >= 11 is 0. The third kappa shape index (κ3) is 2.34. The highest BCUT2D eigenvalue weighted by Gasteiger charge is 2.37. The molecule has 1 aliphatic heterocycles. The lowest BCUT2D eigenvalue weighted by Gasteiger charge is -2.20. The van der Waals surface area contributed by atoms with E-state index in [0.717, 1.165) is 0 Å². The van der Waals surface area contributed by atoms with Crippen molar-refractivity contribution in [2.75, 3.05) is 13.2 Å². The number of hydrogen-bond donors (Lipinski definition) is 2. The molecule has 1 saturated heterocycles. The second kappa shape index (κ2) is 4.54. The van der Waals surface area contributed by atoms with Crippen LogP contribution in [0, 0.1) is 0 Å². The van der Waals surface area contributed by atoms with Gasteiger partial charge in [0.15, 0.2) is 0 Å². The van der Waals surface area contributed by atoms with Gasteiger partial charge in [-0.25, -0.2) is 0 Å². The Morgan fingerprint density at radius 2 is 2.56 bits per heavy atom. The molecule has 1 fully saturated rings. The molecule has 0 aromatic carbocycles. The molecule has 0 saturated carbocycles. The Kier molecular flexibility index (Phi) is 3.12. The van der Waals surface area contributed by atoms with Gasteiger partial charge >= 0.3 is 0 Å². The fraction of sp³-hybridized carbons (Fsp3) is 0.500. The largest absolute Gasteiger partial charge is 0.379 e. The fourth-order valence-corrected chi connectivity index (χ4v) is 1.53. The average molecular weight is 222 g/mol.